The van der Waals surface area contributed by atoms with Gasteiger partial charge in [-0.15, -0.1) is 0 Å². The predicted molar refractivity (Wildman–Crippen MR) is 99.8 cm³/mol. The molecule has 0 aliphatic rings. The van der Waals surface area contributed by atoms with Gasteiger partial charge in [-0.25, -0.2) is 9.69 Å². The molecular formula is C22H10F6N2. The molecule has 3 rings (SSSR count). The number of hydrogen-bond acceptors (Lipinski definition) is 0. The van der Waals surface area contributed by atoms with Crippen LogP contribution in [0.3, 0.4) is 0 Å². The van der Waals surface area contributed by atoms with Gasteiger partial charge in [0.2, 0.25) is 11.4 Å². The van der Waals surface area contributed by atoms with Gasteiger partial charge in [0.25, 0.3) is 0 Å². The van der Waals surface area contributed by atoms with Crippen molar-refractivity contribution in [1.29, 1.82) is 0 Å². The van der Waals surface area contributed by atoms with Crippen LogP contribution in [0.1, 0.15) is 11.1 Å². The lowest BCUT2D eigenvalue weighted by Crippen LogP contribution is -2.04. The van der Waals surface area contributed by atoms with E-state index in [0.717, 1.165) is 24.3 Å². The van der Waals surface area contributed by atoms with E-state index in [4.69, 9.17) is 13.1 Å². The van der Waals surface area contributed by atoms with Gasteiger partial charge in [0, 0.05) is 0 Å². The van der Waals surface area contributed by atoms with Crippen LogP contribution in [0.25, 0.3) is 31.9 Å². The molecule has 0 spiro atoms. The standard InChI is InChI=1S/C22H10F6N2/c1-29-19-17(13-3-7-15(8-4-13)21(23,24)25)11-12-18(20(19)30-2)14-5-9-16(10-6-14)22(26,27)28/h3-12H. The van der Waals surface area contributed by atoms with E-state index in [0.29, 0.717) is 11.1 Å². The van der Waals surface area contributed by atoms with Gasteiger partial charge in [-0.3, -0.25) is 0 Å². The molecule has 30 heavy (non-hydrogen) atoms. The van der Waals surface area contributed by atoms with Crippen LogP contribution in [0.2, 0.25) is 0 Å². The molecule has 150 valence electrons. The lowest BCUT2D eigenvalue weighted by atomic mass is 9.95. The summed E-state index contributed by atoms with van der Waals surface area (Å²) in [5.74, 6) is 0. The van der Waals surface area contributed by atoms with Crippen LogP contribution in [0.5, 0.6) is 0 Å². The van der Waals surface area contributed by atoms with Gasteiger partial charge in [0.15, 0.2) is 0 Å². The maximum atomic E-state index is 12.8. The van der Waals surface area contributed by atoms with E-state index in [1.54, 1.807) is 0 Å². The van der Waals surface area contributed by atoms with Crippen LogP contribution in [-0.2, 0) is 12.4 Å². The molecule has 0 heterocycles. The number of hydrogen-bond donors (Lipinski definition) is 0. The number of rotatable bonds is 2. The van der Waals surface area contributed by atoms with Crippen molar-refractivity contribution >= 4 is 11.4 Å². The van der Waals surface area contributed by atoms with Gasteiger partial charge in [0.1, 0.15) is 0 Å². The molecule has 0 radical (unpaired) electrons. The molecule has 0 saturated carbocycles. The normalized spacial score (nSPS) is 11.6. The predicted octanol–water partition coefficient (Wildman–Crippen LogP) is 8.16. The van der Waals surface area contributed by atoms with E-state index in [2.05, 4.69) is 9.69 Å². The molecule has 0 atom stereocenters. The number of halogens is 6. The van der Waals surface area contributed by atoms with E-state index in [-0.39, 0.29) is 22.5 Å². The van der Waals surface area contributed by atoms with Crippen LogP contribution >= 0.6 is 0 Å². The van der Waals surface area contributed by atoms with Crippen LogP contribution in [0.4, 0.5) is 37.7 Å². The average Bonchev–Trinajstić information content (AvgIpc) is 2.71. The summed E-state index contributed by atoms with van der Waals surface area (Å²) in [6, 6.07) is 11.3. The molecule has 0 fully saturated rings. The molecule has 0 bridgehead atoms. The van der Waals surface area contributed by atoms with Gasteiger partial charge in [-0.2, -0.15) is 26.3 Å². The van der Waals surface area contributed by atoms with Crippen molar-refractivity contribution in [2.24, 2.45) is 0 Å². The van der Waals surface area contributed by atoms with E-state index in [9.17, 15) is 26.3 Å². The highest BCUT2D eigenvalue weighted by Gasteiger charge is 2.31. The maximum Gasteiger partial charge on any atom is 0.416 e. The van der Waals surface area contributed by atoms with Gasteiger partial charge >= 0.3 is 12.4 Å². The minimum absolute atomic E-state index is 0.0813. The summed E-state index contributed by atoms with van der Waals surface area (Å²) >= 11 is 0. The number of alkyl halides is 6. The van der Waals surface area contributed by atoms with Crippen molar-refractivity contribution in [3.8, 4) is 22.3 Å². The summed E-state index contributed by atoms with van der Waals surface area (Å²) in [4.78, 5) is 6.73. The fourth-order valence-corrected chi connectivity index (χ4v) is 2.95. The highest BCUT2D eigenvalue weighted by Crippen LogP contribution is 2.45. The first kappa shape index (κ1) is 20.9. The summed E-state index contributed by atoms with van der Waals surface area (Å²) in [5, 5.41) is 0. The highest BCUT2D eigenvalue weighted by molar-refractivity contribution is 5.97. The third-order valence-electron chi connectivity index (χ3n) is 4.42. The Bertz CT molecular complexity index is 1060. The first-order valence-electron chi connectivity index (χ1n) is 8.33. The zero-order valence-electron chi connectivity index (χ0n) is 14.9. The molecule has 2 nitrogen and oxygen atoms in total. The molecule has 0 aliphatic heterocycles. The van der Waals surface area contributed by atoms with E-state index < -0.39 is 23.5 Å². The van der Waals surface area contributed by atoms with Crippen LogP contribution in [0.15, 0.2) is 60.7 Å². The Hall–Kier alpha value is -3.78. The van der Waals surface area contributed by atoms with E-state index in [1.165, 1.54) is 36.4 Å². The second-order valence-corrected chi connectivity index (χ2v) is 6.23. The topological polar surface area (TPSA) is 8.72 Å². The van der Waals surface area contributed by atoms with Gasteiger partial charge in [-0.05, 0) is 46.5 Å². The Morgan fingerprint density at radius 3 is 1.03 bits per heavy atom. The molecule has 0 N–H and O–H groups in total. The van der Waals surface area contributed by atoms with Gasteiger partial charge in [-0.1, -0.05) is 36.4 Å². The zero-order chi connectivity index (χ0) is 22.1. The lowest BCUT2D eigenvalue weighted by molar-refractivity contribution is -0.138. The van der Waals surface area contributed by atoms with Crippen LogP contribution < -0.4 is 0 Å². The lowest BCUT2D eigenvalue weighted by Gasteiger charge is -2.13. The Morgan fingerprint density at radius 2 is 0.800 bits per heavy atom. The van der Waals surface area contributed by atoms with Gasteiger partial charge in [0.05, 0.1) is 24.3 Å². The Balaban J connectivity index is 2.10. The summed E-state index contributed by atoms with van der Waals surface area (Å²) in [6.45, 7) is 14.9. The Labute approximate surface area is 167 Å². The zero-order valence-corrected chi connectivity index (χ0v) is 14.9. The monoisotopic (exact) mass is 416 g/mol. The SMILES string of the molecule is [C-]#[N+]c1c(-c2ccc(C(F)(F)F)cc2)ccc(-c2ccc(C(F)(F)F)cc2)c1[N+]#[C-]. The first-order valence-corrected chi connectivity index (χ1v) is 8.33. The molecule has 0 aromatic heterocycles. The molecule has 3 aromatic rings. The third kappa shape index (κ3) is 3.99. The molecule has 0 saturated heterocycles. The van der Waals surface area contributed by atoms with Gasteiger partial charge < -0.3 is 0 Å². The second-order valence-electron chi connectivity index (χ2n) is 6.23. The smallest absolute Gasteiger partial charge is 0.249 e. The molecule has 0 amide bonds. The minimum atomic E-state index is -4.50. The van der Waals surface area contributed by atoms with E-state index >= 15 is 0 Å². The van der Waals surface area contributed by atoms with Crippen molar-refractivity contribution in [1.82, 2.24) is 0 Å². The second kappa shape index (κ2) is 7.57. The number of nitrogens with zero attached hydrogens (tertiary/aromatic N) is 2. The van der Waals surface area contributed by atoms with Crippen molar-refractivity contribution in [2.45, 2.75) is 12.4 Å². The molecule has 8 heteroatoms. The summed E-state index contributed by atoms with van der Waals surface area (Å²) in [7, 11) is 0. The average molecular weight is 416 g/mol. The fraction of sp³-hybridized carbons (Fsp3) is 0.0909. The minimum Gasteiger partial charge on any atom is -0.249 e. The molecule has 0 aliphatic carbocycles. The highest BCUT2D eigenvalue weighted by atomic mass is 19.4. The Kier molecular flexibility index (Phi) is 5.28. The third-order valence-corrected chi connectivity index (χ3v) is 4.42. The van der Waals surface area contributed by atoms with Crippen LogP contribution in [0, 0.1) is 13.1 Å². The largest absolute Gasteiger partial charge is 0.416 e. The molecule has 0 unspecified atom stereocenters. The van der Waals surface area contributed by atoms with Crippen molar-refractivity contribution in [3.05, 3.63) is 94.6 Å². The summed E-state index contributed by atoms with van der Waals surface area (Å²) in [5.41, 5.74) is -0.689. The van der Waals surface area contributed by atoms with Crippen molar-refractivity contribution < 1.29 is 26.3 Å². The molecular weight excluding hydrogens is 406 g/mol. The van der Waals surface area contributed by atoms with E-state index in [1.807, 2.05) is 0 Å². The van der Waals surface area contributed by atoms with Crippen molar-refractivity contribution in [2.75, 3.05) is 0 Å². The summed E-state index contributed by atoms with van der Waals surface area (Å²) < 4.78 is 76.6. The first-order chi connectivity index (χ1) is 14.1. The number of benzene rings is 3. The van der Waals surface area contributed by atoms with Crippen molar-refractivity contribution in [3.63, 3.8) is 0 Å². The Morgan fingerprint density at radius 1 is 0.500 bits per heavy atom. The van der Waals surface area contributed by atoms with Crippen LogP contribution in [-0.4, -0.2) is 0 Å². The summed E-state index contributed by atoms with van der Waals surface area (Å²) in [6.07, 6.45) is -9.01. The quantitative estimate of drug-likeness (QED) is 0.294. The molecule has 3 aromatic carbocycles. The fourth-order valence-electron chi connectivity index (χ4n) is 2.95. The maximum absolute atomic E-state index is 12.8.